The number of nitrogens with two attached hydrogens (primary N) is 1. The molecule has 0 radical (unpaired) electrons. The van der Waals surface area contributed by atoms with Gasteiger partial charge in [-0.05, 0) is 24.6 Å². The first-order valence-electron chi connectivity index (χ1n) is 6.06. The van der Waals surface area contributed by atoms with E-state index in [1.165, 1.54) is 15.6 Å². The Hall–Kier alpha value is -1.44. The molecule has 0 aliphatic heterocycles. The van der Waals surface area contributed by atoms with Crippen molar-refractivity contribution in [1.82, 2.24) is 9.29 Å². The summed E-state index contributed by atoms with van der Waals surface area (Å²) in [6.45, 7) is 2.24. The number of benzene rings is 1. The Morgan fingerprint density at radius 3 is 2.75 bits per heavy atom. The van der Waals surface area contributed by atoms with Crippen LogP contribution in [0.3, 0.4) is 0 Å². The summed E-state index contributed by atoms with van der Waals surface area (Å²) in [7, 11) is -1.78. The zero-order valence-electron chi connectivity index (χ0n) is 11.4. The maximum absolute atomic E-state index is 12.3. The van der Waals surface area contributed by atoms with Crippen molar-refractivity contribution in [2.24, 2.45) is 0 Å². The molecule has 0 amide bonds. The van der Waals surface area contributed by atoms with Gasteiger partial charge in [-0.15, -0.1) is 11.3 Å². The lowest BCUT2D eigenvalue weighted by Gasteiger charge is -2.16. The molecule has 0 saturated carbocycles. The number of thiazole rings is 1. The molecule has 0 saturated heterocycles. The van der Waals surface area contributed by atoms with E-state index in [1.54, 1.807) is 37.5 Å². The Kier molecular flexibility index (Phi) is 4.42. The average Bonchev–Trinajstić information content (AvgIpc) is 2.74. The van der Waals surface area contributed by atoms with E-state index in [0.29, 0.717) is 17.8 Å². The van der Waals surface area contributed by atoms with Gasteiger partial charge in [0, 0.05) is 30.4 Å². The minimum absolute atomic E-state index is 0.0493. The highest BCUT2D eigenvalue weighted by atomic mass is 32.2. The van der Waals surface area contributed by atoms with E-state index in [0.717, 1.165) is 9.88 Å². The van der Waals surface area contributed by atoms with Gasteiger partial charge in [0.05, 0.1) is 10.8 Å². The fourth-order valence-electron chi connectivity index (χ4n) is 1.80. The second kappa shape index (κ2) is 5.90. The van der Waals surface area contributed by atoms with Gasteiger partial charge < -0.3 is 5.73 Å². The zero-order valence-corrected chi connectivity index (χ0v) is 13.0. The van der Waals surface area contributed by atoms with Gasteiger partial charge in [-0.2, -0.15) is 4.31 Å². The molecule has 1 aromatic carbocycles. The molecule has 20 heavy (non-hydrogen) atoms. The monoisotopic (exact) mass is 311 g/mol. The van der Waals surface area contributed by atoms with Gasteiger partial charge in [-0.1, -0.05) is 12.1 Å². The molecule has 108 valence electrons. The summed E-state index contributed by atoms with van der Waals surface area (Å²) in [5.74, 6) is -0.0493. The first-order chi connectivity index (χ1) is 9.37. The topological polar surface area (TPSA) is 76.3 Å². The molecule has 0 unspecified atom stereocenters. The van der Waals surface area contributed by atoms with E-state index in [4.69, 9.17) is 5.73 Å². The molecule has 7 heteroatoms. The minimum atomic E-state index is -3.36. The molecule has 2 aromatic rings. The van der Waals surface area contributed by atoms with Crippen LogP contribution in [0.2, 0.25) is 0 Å². The molecule has 0 aliphatic carbocycles. The number of nitrogens with zero attached hydrogens (tertiary/aromatic N) is 2. The molecule has 0 atom stereocenters. The van der Waals surface area contributed by atoms with Crippen LogP contribution in [0.15, 0.2) is 30.5 Å². The van der Waals surface area contributed by atoms with Crippen molar-refractivity contribution in [3.05, 3.63) is 45.9 Å². The standard InChI is InChI=1S/C13H17N3O2S2/c1-10-15-7-13(19-10)8-16(2)20(17,18)9-11-4-3-5-12(14)6-11/h3-7H,8-9,14H2,1-2H3. The fourth-order valence-corrected chi connectivity index (χ4v) is 3.89. The number of nitrogen functional groups attached to an aromatic ring is 1. The summed E-state index contributed by atoms with van der Waals surface area (Å²) in [6, 6.07) is 6.94. The summed E-state index contributed by atoms with van der Waals surface area (Å²) in [5, 5.41) is 0.932. The summed E-state index contributed by atoms with van der Waals surface area (Å²) >= 11 is 1.50. The number of rotatable bonds is 5. The van der Waals surface area contributed by atoms with Crippen molar-refractivity contribution in [1.29, 1.82) is 0 Å². The molecule has 0 aliphatic rings. The zero-order chi connectivity index (χ0) is 14.8. The highest BCUT2D eigenvalue weighted by Gasteiger charge is 2.19. The number of aromatic nitrogens is 1. The highest BCUT2D eigenvalue weighted by Crippen LogP contribution is 2.18. The van der Waals surface area contributed by atoms with Crippen LogP contribution >= 0.6 is 11.3 Å². The van der Waals surface area contributed by atoms with E-state index in [1.807, 2.05) is 6.92 Å². The number of hydrogen-bond donors (Lipinski definition) is 1. The molecule has 5 nitrogen and oxygen atoms in total. The van der Waals surface area contributed by atoms with Gasteiger partial charge in [0.1, 0.15) is 0 Å². The van der Waals surface area contributed by atoms with Crippen molar-refractivity contribution in [2.45, 2.75) is 19.2 Å². The second-order valence-corrected chi connectivity index (χ2v) is 8.00. The van der Waals surface area contributed by atoms with Crippen LogP contribution in [0.4, 0.5) is 5.69 Å². The van der Waals surface area contributed by atoms with Crippen molar-refractivity contribution >= 4 is 27.0 Å². The molecular formula is C13H17N3O2S2. The van der Waals surface area contributed by atoms with Crippen LogP contribution in [-0.2, 0) is 22.3 Å². The molecule has 2 rings (SSSR count). The smallest absolute Gasteiger partial charge is 0.218 e. The summed E-state index contributed by atoms with van der Waals surface area (Å²) in [5.41, 5.74) is 6.92. The quantitative estimate of drug-likeness (QED) is 0.857. The third kappa shape index (κ3) is 3.78. The maximum atomic E-state index is 12.3. The van der Waals surface area contributed by atoms with Crippen molar-refractivity contribution < 1.29 is 8.42 Å². The van der Waals surface area contributed by atoms with Crippen LogP contribution in [0, 0.1) is 6.92 Å². The highest BCUT2D eigenvalue weighted by molar-refractivity contribution is 7.88. The second-order valence-electron chi connectivity index (χ2n) is 4.60. The van der Waals surface area contributed by atoms with Crippen molar-refractivity contribution in [3.8, 4) is 0 Å². The Morgan fingerprint density at radius 2 is 2.15 bits per heavy atom. The Balaban J connectivity index is 2.09. The van der Waals surface area contributed by atoms with Crippen LogP contribution in [0.25, 0.3) is 0 Å². The fraction of sp³-hybridized carbons (Fsp3) is 0.308. The number of sulfonamides is 1. The number of anilines is 1. The summed E-state index contributed by atoms with van der Waals surface area (Å²) in [6.07, 6.45) is 1.71. The molecule has 2 N–H and O–H groups in total. The first kappa shape index (κ1) is 15.0. The maximum Gasteiger partial charge on any atom is 0.218 e. The van der Waals surface area contributed by atoms with Gasteiger partial charge in [-0.3, -0.25) is 0 Å². The Morgan fingerprint density at radius 1 is 1.40 bits per heavy atom. The van der Waals surface area contributed by atoms with Crippen LogP contribution < -0.4 is 5.73 Å². The van der Waals surface area contributed by atoms with E-state index >= 15 is 0 Å². The molecule has 0 bridgehead atoms. The minimum Gasteiger partial charge on any atom is -0.399 e. The average molecular weight is 311 g/mol. The molecule has 1 aromatic heterocycles. The van der Waals surface area contributed by atoms with E-state index in [-0.39, 0.29) is 5.75 Å². The Bertz CT molecular complexity index is 695. The largest absolute Gasteiger partial charge is 0.399 e. The number of aryl methyl sites for hydroxylation is 1. The first-order valence-corrected chi connectivity index (χ1v) is 8.49. The molecule has 0 fully saturated rings. The summed E-state index contributed by atoms with van der Waals surface area (Å²) in [4.78, 5) is 5.06. The van der Waals surface area contributed by atoms with Gasteiger partial charge >= 0.3 is 0 Å². The van der Waals surface area contributed by atoms with Crippen molar-refractivity contribution in [3.63, 3.8) is 0 Å². The lowest BCUT2D eigenvalue weighted by atomic mass is 10.2. The van der Waals surface area contributed by atoms with Gasteiger partial charge in [-0.25, -0.2) is 13.4 Å². The van der Waals surface area contributed by atoms with E-state index in [9.17, 15) is 8.42 Å². The van der Waals surface area contributed by atoms with Gasteiger partial charge in [0.25, 0.3) is 0 Å². The lowest BCUT2D eigenvalue weighted by molar-refractivity contribution is 0.468. The van der Waals surface area contributed by atoms with Gasteiger partial charge in [0.15, 0.2) is 0 Å². The van der Waals surface area contributed by atoms with E-state index < -0.39 is 10.0 Å². The SMILES string of the molecule is Cc1ncc(CN(C)S(=O)(=O)Cc2cccc(N)c2)s1. The third-order valence-electron chi connectivity index (χ3n) is 2.82. The van der Waals surface area contributed by atoms with E-state index in [2.05, 4.69) is 4.98 Å². The summed E-state index contributed by atoms with van der Waals surface area (Å²) < 4.78 is 25.9. The molecular weight excluding hydrogens is 294 g/mol. The predicted octanol–water partition coefficient (Wildman–Crippen LogP) is 2.00. The normalized spacial score (nSPS) is 11.9. The molecule has 1 heterocycles. The number of hydrogen-bond acceptors (Lipinski definition) is 5. The molecule has 0 spiro atoms. The van der Waals surface area contributed by atoms with Crippen LogP contribution in [0.5, 0.6) is 0 Å². The van der Waals surface area contributed by atoms with Gasteiger partial charge in [0.2, 0.25) is 10.0 Å². The predicted molar refractivity (Wildman–Crippen MR) is 81.8 cm³/mol. The Labute approximate surface area is 123 Å². The van der Waals surface area contributed by atoms with Crippen molar-refractivity contribution in [2.75, 3.05) is 12.8 Å². The third-order valence-corrected chi connectivity index (χ3v) is 5.50. The lowest BCUT2D eigenvalue weighted by Crippen LogP contribution is -2.27. The van der Waals surface area contributed by atoms with Crippen LogP contribution in [0.1, 0.15) is 15.4 Å². The van der Waals surface area contributed by atoms with Crippen LogP contribution in [-0.4, -0.2) is 24.8 Å².